The van der Waals surface area contributed by atoms with Gasteiger partial charge in [0.1, 0.15) is 0 Å². The Bertz CT molecular complexity index is 317. The van der Waals surface area contributed by atoms with E-state index < -0.39 is 4.92 Å². The van der Waals surface area contributed by atoms with Crippen LogP contribution in [0.4, 0.5) is 5.69 Å². The fraction of sp³-hybridized carbons (Fsp3) is 0.167. The molecule has 0 aliphatic rings. The van der Waals surface area contributed by atoms with Gasteiger partial charge < -0.3 is 5.21 Å². The lowest BCUT2D eigenvalue weighted by molar-refractivity contribution is -0.607. The minimum absolute atomic E-state index is 0.00250. The summed E-state index contributed by atoms with van der Waals surface area (Å²) in [5.41, 5.74) is 0.379. The number of hydrogen-bond donors (Lipinski definition) is 0. The number of nitrogens with zero attached hydrogens (tertiary/aromatic N) is 2. The summed E-state index contributed by atoms with van der Waals surface area (Å²) in [5, 5.41) is 21.2. The Kier molecular flexibility index (Phi) is 2.46. The average molecular weight is 280 g/mol. The van der Waals surface area contributed by atoms with E-state index in [4.69, 9.17) is 0 Å². The van der Waals surface area contributed by atoms with Gasteiger partial charge in [-0.25, -0.2) is 0 Å². The van der Waals surface area contributed by atoms with Gasteiger partial charge in [0.15, 0.2) is 9.77 Å². The van der Waals surface area contributed by atoms with E-state index in [-0.39, 0.29) is 5.69 Å². The molecule has 1 aromatic heterocycles. The topological polar surface area (TPSA) is 70.1 Å². The number of hydrogen-bond acceptors (Lipinski definition) is 3. The van der Waals surface area contributed by atoms with Crippen LogP contribution in [-0.4, -0.2) is 4.92 Å². The van der Waals surface area contributed by atoms with Gasteiger partial charge in [0.25, 0.3) is 5.69 Å². The third-order valence-corrected chi connectivity index (χ3v) is 2.13. The largest absolute Gasteiger partial charge is 0.619 e. The Morgan fingerprint density at radius 1 is 1.58 bits per heavy atom. The maximum Gasteiger partial charge on any atom is 0.297 e. The highest BCUT2D eigenvalue weighted by Crippen LogP contribution is 2.21. The van der Waals surface area contributed by atoms with Gasteiger partial charge in [-0.15, -0.1) is 0 Å². The van der Waals surface area contributed by atoms with Crippen LogP contribution in [0.3, 0.4) is 0 Å². The van der Waals surface area contributed by atoms with E-state index >= 15 is 0 Å². The van der Waals surface area contributed by atoms with E-state index in [1.807, 2.05) is 0 Å². The second-order valence-electron chi connectivity index (χ2n) is 2.25. The fourth-order valence-corrected chi connectivity index (χ4v) is 1.78. The zero-order valence-electron chi connectivity index (χ0n) is 6.15. The van der Waals surface area contributed by atoms with Crippen LogP contribution >= 0.6 is 22.6 Å². The normalized spacial score (nSPS) is 9.83. The molecule has 0 radical (unpaired) electrons. The van der Waals surface area contributed by atoms with Crippen LogP contribution in [0.2, 0.25) is 0 Å². The number of nitro groups is 1. The number of halogens is 1. The van der Waals surface area contributed by atoms with Crippen LogP contribution in [0.25, 0.3) is 0 Å². The highest BCUT2D eigenvalue weighted by Gasteiger charge is 2.19. The molecule has 6 heteroatoms. The van der Waals surface area contributed by atoms with Gasteiger partial charge in [0.05, 0.1) is 10.5 Å². The Morgan fingerprint density at radius 2 is 2.17 bits per heavy atom. The van der Waals surface area contributed by atoms with Crippen molar-refractivity contribution in [3.63, 3.8) is 0 Å². The SMILES string of the molecule is Cc1c[n+]([O-])cc(I)c1[N+](=O)[O-]. The van der Waals surface area contributed by atoms with Gasteiger partial charge in [-0.3, -0.25) is 10.1 Å². The maximum atomic E-state index is 10.8. The third kappa shape index (κ3) is 1.63. The van der Waals surface area contributed by atoms with Crippen molar-refractivity contribution in [2.45, 2.75) is 6.92 Å². The summed E-state index contributed by atoms with van der Waals surface area (Å²) in [6.45, 7) is 1.54. The van der Waals surface area contributed by atoms with Crippen LogP contribution < -0.4 is 4.73 Å². The fourth-order valence-electron chi connectivity index (χ4n) is 0.882. The molecule has 0 atom stereocenters. The molecule has 0 fully saturated rings. The summed E-state index contributed by atoms with van der Waals surface area (Å²) in [4.78, 5) is 9.95. The quantitative estimate of drug-likeness (QED) is 0.254. The highest BCUT2D eigenvalue weighted by atomic mass is 127. The van der Waals surface area contributed by atoms with Crippen LogP contribution in [0.1, 0.15) is 5.56 Å². The zero-order chi connectivity index (χ0) is 9.30. The zero-order valence-corrected chi connectivity index (χ0v) is 8.31. The molecule has 0 N–H and O–H groups in total. The van der Waals surface area contributed by atoms with Crippen molar-refractivity contribution >= 4 is 28.3 Å². The van der Waals surface area contributed by atoms with Gasteiger partial charge in [0, 0.05) is 0 Å². The Balaban J connectivity index is 3.38. The first-order valence-electron chi connectivity index (χ1n) is 3.05. The number of aryl methyl sites for hydroxylation is 1. The molecule has 1 rings (SSSR count). The van der Waals surface area contributed by atoms with E-state index in [0.29, 0.717) is 13.9 Å². The first-order valence-corrected chi connectivity index (χ1v) is 4.13. The summed E-state index contributed by atoms with van der Waals surface area (Å²) in [5.74, 6) is 0. The van der Waals surface area contributed by atoms with Crippen molar-refractivity contribution < 1.29 is 9.65 Å². The standard InChI is InChI=1S/C6H5IN2O3/c1-4-2-8(10)3-5(7)6(4)9(11)12/h2-3H,1H3. The summed E-state index contributed by atoms with van der Waals surface area (Å²) in [6, 6.07) is 0. The van der Waals surface area contributed by atoms with E-state index in [1.54, 1.807) is 22.6 Å². The predicted octanol–water partition coefficient (Wildman–Crippen LogP) is 1.14. The molecular weight excluding hydrogens is 275 g/mol. The third-order valence-electron chi connectivity index (χ3n) is 1.34. The van der Waals surface area contributed by atoms with Gasteiger partial charge in [-0.05, 0) is 29.5 Å². The van der Waals surface area contributed by atoms with Crippen LogP contribution in [0.5, 0.6) is 0 Å². The summed E-state index contributed by atoms with van der Waals surface area (Å²) < 4.78 is 0.914. The maximum absolute atomic E-state index is 10.8. The van der Waals surface area contributed by atoms with E-state index in [9.17, 15) is 15.3 Å². The molecule has 1 heterocycles. The monoisotopic (exact) mass is 280 g/mol. The van der Waals surface area contributed by atoms with Gasteiger partial charge in [-0.2, -0.15) is 4.73 Å². The van der Waals surface area contributed by atoms with E-state index in [1.165, 1.54) is 19.3 Å². The smallest absolute Gasteiger partial charge is 0.297 e. The van der Waals surface area contributed by atoms with Crippen molar-refractivity contribution in [2.24, 2.45) is 0 Å². The number of pyridine rings is 1. The van der Waals surface area contributed by atoms with E-state index in [2.05, 4.69) is 0 Å². The van der Waals surface area contributed by atoms with Crippen LogP contribution in [0, 0.1) is 25.8 Å². The van der Waals surface area contributed by atoms with Crippen molar-refractivity contribution in [2.75, 3.05) is 0 Å². The second kappa shape index (κ2) is 3.21. The lowest BCUT2D eigenvalue weighted by Crippen LogP contribution is -2.26. The molecule has 12 heavy (non-hydrogen) atoms. The Labute approximate surface area is 81.9 Å². The molecule has 0 spiro atoms. The molecule has 0 aliphatic heterocycles. The first-order chi connectivity index (χ1) is 5.52. The molecule has 0 unspecified atom stereocenters. The summed E-state index contributed by atoms with van der Waals surface area (Å²) in [6.07, 6.45) is 2.35. The van der Waals surface area contributed by atoms with E-state index in [0.717, 1.165) is 0 Å². The molecule has 5 nitrogen and oxygen atoms in total. The van der Waals surface area contributed by atoms with Gasteiger partial charge in [-0.1, -0.05) is 0 Å². The minimum Gasteiger partial charge on any atom is -0.619 e. The molecule has 0 saturated heterocycles. The Morgan fingerprint density at radius 3 is 2.58 bits per heavy atom. The van der Waals surface area contributed by atoms with Crippen LogP contribution in [-0.2, 0) is 0 Å². The van der Waals surface area contributed by atoms with Crippen molar-refractivity contribution in [3.8, 4) is 0 Å². The van der Waals surface area contributed by atoms with Crippen molar-refractivity contribution in [1.82, 2.24) is 0 Å². The van der Waals surface area contributed by atoms with Crippen molar-refractivity contribution in [3.05, 3.63) is 36.8 Å². The summed E-state index contributed by atoms with van der Waals surface area (Å²) in [7, 11) is 0. The summed E-state index contributed by atoms with van der Waals surface area (Å²) >= 11 is 1.76. The highest BCUT2D eigenvalue weighted by molar-refractivity contribution is 14.1. The molecule has 1 aromatic rings. The minimum atomic E-state index is -0.489. The van der Waals surface area contributed by atoms with Gasteiger partial charge >= 0.3 is 0 Å². The molecule has 0 amide bonds. The number of aromatic nitrogens is 1. The van der Waals surface area contributed by atoms with Gasteiger partial charge in [0.2, 0.25) is 6.20 Å². The molecular formula is C6H5IN2O3. The molecule has 0 aliphatic carbocycles. The second-order valence-corrected chi connectivity index (χ2v) is 3.42. The van der Waals surface area contributed by atoms with Crippen LogP contribution in [0.15, 0.2) is 12.4 Å². The molecule has 0 bridgehead atoms. The lowest BCUT2D eigenvalue weighted by Gasteiger charge is -1.99. The predicted molar refractivity (Wildman–Crippen MR) is 49.5 cm³/mol. The average Bonchev–Trinajstić information content (AvgIpc) is 1.82. The Hall–Kier alpha value is -0.920. The lowest BCUT2D eigenvalue weighted by atomic mass is 10.3. The van der Waals surface area contributed by atoms with Crippen molar-refractivity contribution in [1.29, 1.82) is 0 Å². The molecule has 0 aromatic carbocycles. The first kappa shape index (κ1) is 9.17. The number of rotatable bonds is 1. The molecule has 64 valence electrons. The molecule has 0 saturated carbocycles.